The second kappa shape index (κ2) is 6.27. The van der Waals surface area contributed by atoms with E-state index < -0.39 is 0 Å². The second-order valence-corrected chi connectivity index (χ2v) is 4.65. The molecular weight excluding hydrogens is 256 g/mol. The van der Waals surface area contributed by atoms with E-state index in [4.69, 9.17) is 25.8 Å². The Balaban J connectivity index is 2.23. The van der Waals surface area contributed by atoms with Crippen molar-refractivity contribution in [3.05, 3.63) is 22.7 Å². The molecule has 1 unspecified atom stereocenters. The quantitative estimate of drug-likeness (QED) is 0.914. The Morgan fingerprint density at radius 2 is 2.33 bits per heavy atom. The van der Waals surface area contributed by atoms with Crippen LogP contribution in [0.5, 0.6) is 11.5 Å². The van der Waals surface area contributed by atoms with E-state index in [1.807, 2.05) is 0 Å². The molecular formula is C13H17ClO4. The second-order valence-electron chi connectivity index (χ2n) is 4.21. The van der Waals surface area contributed by atoms with Crippen LogP contribution in [0.3, 0.4) is 0 Å². The predicted molar refractivity (Wildman–Crippen MR) is 68.4 cm³/mol. The number of aliphatic hydroxyl groups excluding tert-OH is 1. The van der Waals surface area contributed by atoms with Crippen LogP contribution in [0.25, 0.3) is 0 Å². The monoisotopic (exact) mass is 272 g/mol. The zero-order valence-electron chi connectivity index (χ0n) is 10.3. The van der Waals surface area contributed by atoms with E-state index in [0.29, 0.717) is 28.7 Å². The Morgan fingerprint density at radius 3 is 2.94 bits per heavy atom. The molecule has 1 aromatic carbocycles. The maximum absolute atomic E-state index is 9.37. The Labute approximate surface area is 111 Å². The van der Waals surface area contributed by atoms with Crippen molar-refractivity contribution in [2.75, 3.05) is 20.3 Å². The molecule has 1 saturated heterocycles. The molecule has 1 atom stereocenters. The molecule has 0 radical (unpaired) electrons. The zero-order valence-corrected chi connectivity index (χ0v) is 11.1. The van der Waals surface area contributed by atoms with Crippen LogP contribution in [0.15, 0.2) is 12.1 Å². The number of rotatable bonds is 4. The first kappa shape index (κ1) is 13.5. The van der Waals surface area contributed by atoms with Gasteiger partial charge in [0.25, 0.3) is 0 Å². The highest BCUT2D eigenvalue weighted by Gasteiger charge is 2.20. The molecule has 100 valence electrons. The van der Waals surface area contributed by atoms with Crippen molar-refractivity contribution in [3.63, 3.8) is 0 Å². The smallest absolute Gasteiger partial charge is 0.167 e. The molecule has 0 bridgehead atoms. The highest BCUT2D eigenvalue weighted by molar-refractivity contribution is 6.30. The summed E-state index contributed by atoms with van der Waals surface area (Å²) in [7, 11) is 1.55. The van der Waals surface area contributed by atoms with Gasteiger partial charge in [-0.15, -0.1) is 0 Å². The van der Waals surface area contributed by atoms with E-state index in [1.165, 1.54) is 0 Å². The molecule has 4 nitrogen and oxygen atoms in total. The third kappa shape index (κ3) is 3.07. The predicted octanol–water partition coefficient (Wildman–Crippen LogP) is 2.40. The van der Waals surface area contributed by atoms with Gasteiger partial charge in [-0.1, -0.05) is 11.6 Å². The Bertz CT molecular complexity index is 377. The number of halogens is 1. The topological polar surface area (TPSA) is 47.9 Å². The molecule has 1 aromatic rings. The maximum Gasteiger partial charge on any atom is 0.167 e. The normalized spacial score (nSPS) is 19.6. The SMILES string of the molecule is COc1cc(Cl)cc(CO)c1OC1CCCOC1. The minimum absolute atomic E-state index is 0.000810. The summed E-state index contributed by atoms with van der Waals surface area (Å²) in [6, 6.07) is 3.36. The highest BCUT2D eigenvalue weighted by atomic mass is 35.5. The lowest BCUT2D eigenvalue weighted by atomic mass is 10.1. The molecule has 0 spiro atoms. The van der Waals surface area contributed by atoms with Gasteiger partial charge in [-0.3, -0.25) is 0 Å². The summed E-state index contributed by atoms with van der Waals surface area (Å²) in [5, 5.41) is 9.88. The van der Waals surface area contributed by atoms with Gasteiger partial charge in [-0.25, -0.2) is 0 Å². The molecule has 2 rings (SSSR count). The summed E-state index contributed by atoms with van der Waals surface area (Å²) < 4.78 is 16.5. The van der Waals surface area contributed by atoms with Crippen LogP contribution in [0, 0.1) is 0 Å². The van der Waals surface area contributed by atoms with Gasteiger partial charge in [0.1, 0.15) is 6.10 Å². The lowest BCUT2D eigenvalue weighted by molar-refractivity contribution is 0.00558. The molecule has 1 N–H and O–H groups in total. The maximum atomic E-state index is 9.37. The van der Waals surface area contributed by atoms with E-state index in [-0.39, 0.29) is 12.7 Å². The van der Waals surface area contributed by atoms with Gasteiger partial charge in [0.05, 0.1) is 20.3 Å². The molecule has 0 aromatic heterocycles. The van der Waals surface area contributed by atoms with Crippen LogP contribution in [-0.4, -0.2) is 31.5 Å². The first-order valence-corrected chi connectivity index (χ1v) is 6.34. The number of hydrogen-bond acceptors (Lipinski definition) is 4. The Hall–Kier alpha value is -0.970. The summed E-state index contributed by atoms with van der Waals surface area (Å²) in [6.07, 6.45) is 1.92. The van der Waals surface area contributed by atoms with Gasteiger partial charge in [-0.05, 0) is 18.9 Å². The first-order valence-electron chi connectivity index (χ1n) is 5.96. The number of ether oxygens (including phenoxy) is 3. The minimum Gasteiger partial charge on any atom is -0.493 e. The molecule has 1 fully saturated rings. The van der Waals surface area contributed by atoms with E-state index in [2.05, 4.69) is 0 Å². The average molecular weight is 273 g/mol. The van der Waals surface area contributed by atoms with Crippen molar-refractivity contribution in [2.45, 2.75) is 25.6 Å². The van der Waals surface area contributed by atoms with Crippen LogP contribution in [0.4, 0.5) is 0 Å². The first-order chi connectivity index (χ1) is 8.74. The highest BCUT2D eigenvalue weighted by Crippen LogP contribution is 2.36. The molecule has 1 aliphatic rings. The number of hydrogen-bond donors (Lipinski definition) is 1. The van der Waals surface area contributed by atoms with E-state index in [1.54, 1.807) is 19.2 Å². The summed E-state index contributed by atoms with van der Waals surface area (Å²) in [5.41, 5.74) is 0.630. The van der Waals surface area contributed by atoms with Crippen molar-refractivity contribution in [3.8, 4) is 11.5 Å². The van der Waals surface area contributed by atoms with Crippen LogP contribution < -0.4 is 9.47 Å². The van der Waals surface area contributed by atoms with E-state index in [0.717, 1.165) is 19.4 Å². The van der Waals surface area contributed by atoms with E-state index in [9.17, 15) is 5.11 Å². The van der Waals surface area contributed by atoms with Gasteiger partial charge in [0.15, 0.2) is 11.5 Å². The summed E-state index contributed by atoms with van der Waals surface area (Å²) in [6.45, 7) is 1.21. The van der Waals surface area contributed by atoms with E-state index >= 15 is 0 Å². The fourth-order valence-electron chi connectivity index (χ4n) is 2.00. The van der Waals surface area contributed by atoms with Gasteiger partial charge < -0.3 is 19.3 Å². The van der Waals surface area contributed by atoms with Crippen LogP contribution >= 0.6 is 11.6 Å². The van der Waals surface area contributed by atoms with Gasteiger partial charge >= 0.3 is 0 Å². The number of methoxy groups -OCH3 is 1. The third-order valence-electron chi connectivity index (χ3n) is 2.89. The average Bonchev–Trinajstić information content (AvgIpc) is 2.41. The van der Waals surface area contributed by atoms with Crippen molar-refractivity contribution >= 4 is 11.6 Å². The van der Waals surface area contributed by atoms with Crippen LogP contribution in [0.1, 0.15) is 18.4 Å². The molecule has 1 heterocycles. The molecule has 0 aliphatic carbocycles. The molecule has 0 saturated carbocycles. The standard InChI is InChI=1S/C13H17ClO4/c1-16-12-6-10(14)5-9(7-15)13(12)18-11-3-2-4-17-8-11/h5-6,11,15H,2-4,7-8H2,1H3. The molecule has 0 amide bonds. The Morgan fingerprint density at radius 1 is 1.50 bits per heavy atom. The summed E-state index contributed by atoms with van der Waals surface area (Å²) >= 11 is 5.95. The summed E-state index contributed by atoms with van der Waals surface area (Å²) in [5.74, 6) is 1.09. The van der Waals surface area contributed by atoms with Crippen molar-refractivity contribution in [2.24, 2.45) is 0 Å². The molecule has 1 aliphatic heterocycles. The van der Waals surface area contributed by atoms with Crippen LogP contribution in [-0.2, 0) is 11.3 Å². The largest absolute Gasteiger partial charge is 0.493 e. The third-order valence-corrected chi connectivity index (χ3v) is 3.11. The minimum atomic E-state index is -0.139. The zero-order chi connectivity index (χ0) is 13.0. The lowest BCUT2D eigenvalue weighted by Crippen LogP contribution is -2.28. The fourth-order valence-corrected chi connectivity index (χ4v) is 2.23. The van der Waals surface area contributed by atoms with Crippen molar-refractivity contribution < 1.29 is 19.3 Å². The lowest BCUT2D eigenvalue weighted by Gasteiger charge is -2.25. The van der Waals surface area contributed by atoms with Gasteiger partial charge in [0.2, 0.25) is 0 Å². The van der Waals surface area contributed by atoms with Crippen molar-refractivity contribution in [1.29, 1.82) is 0 Å². The number of benzene rings is 1. The fraction of sp³-hybridized carbons (Fsp3) is 0.538. The molecule has 18 heavy (non-hydrogen) atoms. The number of aliphatic hydroxyl groups is 1. The van der Waals surface area contributed by atoms with Crippen LogP contribution in [0.2, 0.25) is 5.02 Å². The summed E-state index contributed by atoms with van der Waals surface area (Å²) in [4.78, 5) is 0. The Kier molecular flexibility index (Phi) is 4.69. The molecule has 5 heteroatoms. The van der Waals surface area contributed by atoms with Crippen molar-refractivity contribution in [1.82, 2.24) is 0 Å². The van der Waals surface area contributed by atoms with Gasteiger partial charge in [0, 0.05) is 23.3 Å². The van der Waals surface area contributed by atoms with Gasteiger partial charge in [-0.2, -0.15) is 0 Å².